The Labute approximate surface area is 140 Å². The maximum Gasteiger partial charge on any atom is 0.251 e. The van der Waals surface area contributed by atoms with E-state index in [2.05, 4.69) is 40.0 Å². The molecule has 0 aliphatic carbocycles. The number of carbonyl (C=O) groups excluding carboxylic acids is 1. The van der Waals surface area contributed by atoms with Crippen LogP contribution in [0.3, 0.4) is 0 Å². The molecule has 116 valence electrons. The molecule has 21 heavy (non-hydrogen) atoms. The summed E-state index contributed by atoms with van der Waals surface area (Å²) in [6, 6.07) is 5.66. The van der Waals surface area contributed by atoms with Crippen molar-refractivity contribution in [2.24, 2.45) is 5.92 Å². The van der Waals surface area contributed by atoms with Crippen molar-refractivity contribution >= 4 is 33.4 Å². The molecule has 0 bridgehead atoms. The first-order valence-corrected chi connectivity index (χ1v) is 8.63. The summed E-state index contributed by atoms with van der Waals surface area (Å²) in [6.45, 7) is 7.41. The maximum absolute atomic E-state index is 12.3. The van der Waals surface area contributed by atoms with Gasteiger partial charge in [-0.15, -0.1) is 0 Å². The van der Waals surface area contributed by atoms with Crippen LogP contribution in [0.5, 0.6) is 0 Å². The van der Waals surface area contributed by atoms with Gasteiger partial charge in [-0.1, -0.05) is 25.4 Å². The molecule has 0 radical (unpaired) electrons. The zero-order valence-electron chi connectivity index (χ0n) is 12.5. The van der Waals surface area contributed by atoms with Crippen LogP contribution >= 0.6 is 27.5 Å². The van der Waals surface area contributed by atoms with E-state index in [0.717, 1.165) is 17.6 Å². The first kappa shape index (κ1) is 16.8. The minimum atomic E-state index is -0.0442. The molecule has 0 aromatic heterocycles. The lowest BCUT2D eigenvalue weighted by Gasteiger charge is -2.31. The Morgan fingerprint density at radius 3 is 2.62 bits per heavy atom. The van der Waals surface area contributed by atoms with Gasteiger partial charge in [-0.25, -0.2) is 0 Å². The van der Waals surface area contributed by atoms with E-state index >= 15 is 0 Å². The number of hydrogen-bond donors (Lipinski definition) is 1. The van der Waals surface area contributed by atoms with E-state index in [9.17, 15) is 4.79 Å². The zero-order valence-corrected chi connectivity index (χ0v) is 14.9. The van der Waals surface area contributed by atoms with Crippen LogP contribution in [0.4, 0.5) is 0 Å². The van der Waals surface area contributed by atoms with Crippen LogP contribution in [0.25, 0.3) is 0 Å². The molecular weight excluding hydrogens is 352 g/mol. The molecule has 5 heteroatoms. The highest BCUT2D eigenvalue weighted by Gasteiger charge is 2.25. The normalized spacial score (nSPS) is 17.2. The lowest BCUT2D eigenvalue weighted by molar-refractivity contribution is 0.0927. The number of likely N-dealkylation sites (tertiary alicyclic amines) is 1. The van der Waals surface area contributed by atoms with Crippen LogP contribution in [-0.2, 0) is 0 Å². The zero-order chi connectivity index (χ0) is 15.4. The molecule has 1 amide bonds. The Kier molecular flexibility index (Phi) is 6.08. The summed E-state index contributed by atoms with van der Waals surface area (Å²) in [7, 11) is 0. The quantitative estimate of drug-likeness (QED) is 0.847. The summed E-state index contributed by atoms with van der Waals surface area (Å²) in [5, 5.41) is 3.67. The van der Waals surface area contributed by atoms with E-state index in [-0.39, 0.29) is 5.91 Å². The number of carbonyl (C=O) groups is 1. The molecule has 1 N–H and O–H groups in total. The van der Waals surface area contributed by atoms with E-state index < -0.39 is 0 Å². The van der Waals surface area contributed by atoms with Gasteiger partial charge < -0.3 is 5.32 Å². The summed E-state index contributed by atoms with van der Waals surface area (Å²) in [6.07, 6.45) is 2.53. The van der Waals surface area contributed by atoms with Crippen LogP contribution < -0.4 is 5.32 Å². The van der Waals surface area contributed by atoms with E-state index in [1.165, 1.54) is 12.8 Å². The second-order valence-corrected chi connectivity index (χ2v) is 7.15. The van der Waals surface area contributed by atoms with Crippen LogP contribution in [0.1, 0.15) is 37.0 Å². The Bertz CT molecular complexity index is 501. The number of hydrogen-bond acceptors (Lipinski definition) is 2. The average Bonchev–Trinajstić information content (AvgIpc) is 2.95. The monoisotopic (exact) mass is 372 g/mol. The van der Waals surface area contributed by atoms with Gasteiger partial charge in [0.05, 0.1) is 5.02 Å². The average molecular weight is 374 g/mol. The largest absolute Gasteiger partial charge is 0.350 e. The molecule has 1 aliphatic heterocycles. The third kappa shape index (κ3) is 4.44. The van der Waals surface area contributed by atoms with Crippen molar-refractivity contribution in [2.45, 2.75) is 32.7 Å². The number of halogens is 2. The van der Waals surface area contributed by atoms with Crippen LogP contribution in [0, 0.1) is 5.92 Å². The van der Waals surface area contributed by atoms with Crippen molar-refractivity contribution in [1.82, 2.24) is 10.2 Å². The smallest absolute Gasteiger partial charge is 0.251 e. The number of nitrogens with one attached hydrogen (secondary N) is 1. The van der Waals surface area contributed by atoms with Crippen LogP contribution in [0.2, 0.25) is 5.02 Å². The summed E-state index contributed by atoms with van der Waals surface area (Å²) < 4.78 is 0.747. The standard InChI is InChI=1S/C16H22BrClN2O/c1-11(2)15(20-7-3-4-8-20)10-19-16(21)12-5-6-14(18)13(17)9-12/h5-6,9,11,15H,3-4,7-8,10H2,1-2H3,(H,19,21). The lowest BCUT2D eigenvalue weighted by Crippen LogP contribution is -2.45. The Balaban J connectivity index is 1.96. The van der Waals surface area contributed by atoms with Crippen molar-refractivity contribution in [3.8, 4) is 0 Å². The molecular formula is C16H22BrClN2O. The number of amides is 1. The fraction of sp³-hybridized carbons (Fsp3) is 0.562. The molecule has 2 rings (SSSR count). The molecule has 1 atom stereocenters. The van der Waals surface area contributed by atoms with Gasteiger partial charge in [0.1, 0.15) is 0 Å². The number of rotatable bonds is 5. The van der Waals surface area contributed by atoms with Gasteiger partial charge >= 0.3 is 0 Å². The van der Waals surface area contributed by atoms with Crippen molar-refractivity contribution in [1.29, 1.82) is 0 Å². The third-order valence-corrected chi connectivity index (χ3v) is 5.25. The van der Waals surface area contributed by atoms with Gasteiger partial charge in [-0.2, -0.15) is 0 Å². The van der Waals surface area contributed by atoms with Gasteiger partial charge in [-0.05, 0) is 66.0 Å². The number of benzene rings is 1. The van der Waals surface area contributed by atoms with Crippen molar-refractivity contribution < 1.29 is 4.79 Å². The van der Waals surface area contributed by atoms with E-state index in [1.807, 2.05) is 0 Å². The minimum absolute atomic E-state index is 0.0442. The Morgan fingerprint density at radius 1 is 1.38 bits per heavy atom. The van der Waals surface area contributed by atoms with E-state index in [0.29, 0.717) is 29.1 Å². The van der Waals surface area contributed by atoms with Gasteiger partial charge in [0, 0.05) is 22.6 Å². The molecule has 1 saturated heterocycles. The highest BCUT2D eigenvalue weighted by Crippen LogP contribution is 2.23. The molecule has 1 aliphatic rings. The first-order valence-electron chi connectivity index (χ1n) is 7.46. The van der Waals surface area contributed by atoms with E-state index in [4.69, 9.17) is 11.6 Å². The second-order valence-electron chi connectivity index (χ2n) is 5.89. The molecule has 1 aromatic rings. The molecule has 3 nitrogen and oxygen atoms in total. The minimum Gasteiger partial charge on any atom is -0.350 e. The SMILES string of the molecule is CC(C)C(CNC(=O)c1ccc(Cl)c(Br)c1)N1CCCC1. The fourth-order valence-corrected chi connectivity index (χ4v) is 3.29. The number of nitrogens with zero attached hydrogens (tertiary/aromatic N) is 1. The topological polar surface area (TPSA) is 32.3 Å². The molecule has 1 aromatic carbocycles. The second kappa shape index (κ2) is 7.61. The van der Waals surface area contributed by atoms with Crippen molar-refractivity contribution in [3.05, 3.63) is 33.3 Å². The first-order chi connectivity index (χ1) is 9.99. The fourth-order valence-electron chi connectivity index (χ4n) is 2.80. The van der Waals surface area contributed by atoms with Gasteiger partial charge in [0.15, 0.2) is 0 Å². The third-order valence-electron chi connectivity index (χ3n) is 4.03. The molecule has 0 spiro atoms. The molecule has 1 heterocycles. The van der Waals surface area contributed by atoms with Gasteiger partial charge in [0.2, 0.25) is 0 Å². The van der Waals surface area contributed by atoms with Gasteiger partial charge in [0.25, 0.3) is 5.91 Å². The van der Waals surface area contributed by atoms with Gasteiger partial charge in [-0.3, -0.25) is 9.69 Å². The summed E-state index contributed by atoms with van der Waals surface area (Å²) >= 11 is 9.31. The summed E-state index contributed by atoms with van der Waals surface area (Å²) in [4.78, 5) is 14.7. The summed E-state index contributed by atoms with van der Waals surface area (Å²) in [5.41, 5.74) is 0.634. The molecule has 1 fully saturated rings. The summed E-state index contributed by atoms with van der Waals surface area (Å²) in [5.74, 6) is 0.484. The van der Waals surface area contributed by atoms with E-state index in [1.54, 1.807) is 18.2 Å². The maximum atomic E-state index is 12.3. The highest BCUT2D eigenvalue weighted by molar-refractivity contribution is 9.10. The predicted octanol–water partition coefficient (Wildman–Crippen LogP) is 3.95. The van der Waals surface area contributed by atoms with Crippen LogP contribution in [0.15, 0.2) is 22.7 Å². The van der Waals surface area contributed by atoms with Crippen LogP contribution in [-0.4, -0.2) is 36.5 Å². The Morgan fingerprint density at radius 2 is 2.05 bits per heavy atom. The van der Waals surface area contributed by atoms with Crippen molar-refractivity contribution in [2.75, 3.05) is 19.6 Å². The molecule has 0 saturated carbocycles. The highest BCUT2D eigenvalue weighted by atomic mass is 79.9. The van der Waals surface area contributed by atoms with Crippen molar-refractivity contribution in [3.63, 3.8) is 0 Å². The predicted molar refractivity (Wildman–Crippen MR) is 90.9 cm³/mol. The molecule has 1 unspecified atom stereocenters. The lowest BCUT2D eigenvalue weighted by atomic mass is 10.0. The Hall–Kier alpha value is -0.580.